The highest BCUT2D eigenvalue weighted by Crippen LogP contribution is 2.41. The molecule has 2 fully saturated rings. The average molecular weight is 579 g/mol. The van der Waals surface area contributed by atoms with Crippen molar-refractivity contribution in [3.63, 3.8) is 0 Å². The molecule has 218 valence electrons. The molecule has 3 aromatic rings. The van der Waals surface area contributed by atoms with Crippen LogP contribution < -0.4 is 0 Å². The van der Waals surface area contributed by atoms with Crippen molar-refractivity contribution in [2.45, 2.75) is 69.3 Å². The van der Waals surface area contributed by atoms with Crippen molar-refractivity contribution in [3.8, 4) is 22.6 Å². The molecule has 0 heterocycles. The lowest BCUT2D eigenvalue weighted by molar-refractivity contribution is -0.157. The molecule has 0 aliphatic heterocycles. The number of phenolic OH excluding ortho intramolecular Hbond substituents is 2. The molecule has 0 aromatic heterocycles. The number of carbonyl (C=O) groups excluding carboxylic acids is 1. The second-order valence-electron chi connectivity index (χ2n) is 10.9. The van der Waals surface area contributed by atoms with E-state index in [4.69, 9.17) is 4.74 Å². The van der Waals surface area contributed by atoms with Gasteiger partial charge in [0.1, 0.15) is 6.10 Å². The van der Waals surface area contributed by atoms with Gasteiger partial charge in [-0.15, -0.1) is 0 Å². The first-order valence-electron chi connectivity index (χ1n) is 13.6. The Balaban J connectivity index is 1.16. The number of carbonyl (C=O) groups is 1. The Morgan fingerprint density at radius 2 is 0.976 bits per heavy atom. The van der Waals surface area contributed by atoms with Gasteiger partial charge in [-0.1, -0.05) is 18.2 Å². The maximum Gasteiger partial charge on any atom is 0.309 e. The van der Waals surface area contributed by atoms with Gasteiger partial charge in [0, 0.05) is 11.1 Å². The number of halogens is 6. The van der Waals surface area contributed by atoms with Gasteiger partial charge >= 0.3 is 5.97 Å². The Labute approximate surface area is 232 Å². The van der Waals surface area contributed by atoms with Crippen LogP contribution in [0.3, 0.4) is 0 Å². The van der Waals surface area contributed by atoms with E-state index >= 15 is 4.39 Å². The van der Waals surface area contributed by atoms with Crippen molar-refractivity contribution in [2.75, 3.05) is 0 Å². The summed E-state index contributed by atoms with van der Waals surface area (Å²) in [6, 6.07) is 6.85. The van der Waals surface area contributed by atoms with Crippen molar-refractivity contribution < 1.29 is 46.1 Å². The minimum atomic E-state index is -1.55. The van der Waals surface area contributed by atoms with Gasteiger partial charge in [-0.25, -0.2) is 17.6 Å². The highest BCUT2D eigenvalue weighted by atomic mass is 19.2. The summed E-state index contributed by atoms with van der Waals surface area (Å²) in [6.45, 7) is 0. The number of rotatable bonds is 5. The molecule has 0 bridgehead atoms. The molecule has 41 heavy (non-hydrogen) atoms. The van der Waals surface area contributed by atoms with Gasteiger partial charge in [0.15, 0.2) is 34.8 Å². The van der Waals surface area contributed by atoms with Crippen LogP contribution in [0.2, 0.25) is 0 Å². The number of benzene rings is 3. The zero-order chi connectivity index (χ0) is 29.4. The van der Waals surface area contributed by atoms with Crippen molar-refractivity contribution >= 4 is 5.97 Å². The summed E-state index contributed by atoms with van der Waals surface area (Å²) in [5.41, 5.74) is -0.680. The fourth-order valence-electron chi connectivity index (χ4n) is 6.10. The lowest BCUT2D eigenvalue weighted by Gasteiger charge is -2.32. The highest BCUT2D eigenvalue weighted by Gasteiger charge is 2.34. The summed E-state index contributed by atoms with van der Waals surface area (Å²) < 4.78 is 91.6. The number of aromatic hydroxyl groups is 2. The van der Waals surface area contributed by atoms with Gasteiger partial charge in [0.05, 0.1) is 5.92 Å². The average Bonchev–Trinajstić information content (AvgIpc) is 2.97. The van der Waals surface area contributed by atoms with Crippen molar-refractivity contribution in [3.05, 3.63) is 82.4 Å². The molecule has 2 N–H and O–H groups in total. The van der Waals surface area contributed by atoms with Gasteiger partial charge in [0.2, 0.25) is 11.6 Å². The smallest absolute Gasteiger partial charge is 0.309 e. The lowest BCUT2D eigenvalue weighted by Crippen LogP contribution is -2.29. The summed E-state index contributed by atoms with van der Waals surface area (Å²) in [6.07, 6.45) is 3.16. The maximum atomic E-state index is 15.0. The number of esters is 1. The molecule has 0 atom stereocenters. The van der Waals surface area contributed by atoms with Crippen LogP contribution in [0.4, 0.5) is 26.3 Å². The standard InChI is InChI=1S/C31H28F6O4/c32-25-19(9-10-21(27(25)34)22-12-14-24(39)30(37)28(22)35)16-5-7-18(8-6-16)41-31(40)17-3-1-15(2-4-17)20-11-13-23(38)29(36)26(20)33/h9-18,38-39H,1-8H2. The molecular formula is C31H28F6O4. The Bertz CT molecular complexity index is 1460. The van der Waals surface area contributed by atoms with E-state index in [0.29, 0.717) is 51.4 Å². The van der Waals surface area contributed by atoms with Gasteiger partial charge in [-0.2, -0.15) is 8.78 Å². The molecule has 0 amide bonds. The van der Waals surface area contributed by atoms with Crippen LogP contribution in [0.5, 0.6) is 11.5 Å². The first-order chi connectivity index (χ1) is 19.6. The second kappa shape index (κ2) is 11.7. The highest BCUT2D eigenvalue weighted by molar-refractivity contribution is 5.72. The van der Waals surface area contributed by atoms with Crippen molar-refractivity contribution in [1.29, 1.82) is 0 Å². The van der Waals surface area contributed by atoms with Crippen LogP contribution >= 0.6 is 0 Å². The predicted octanol–water partition coefficient (Wildman–Crippen LogP) is 8.14. The van der Waals surface area contributed by atoms with E-state index in [0.717, 1.165) is 18.2 Å². The molecule has 5 rings (SSSR count). The Kier molecular flexibility index (Phi) is 8.20. The molecule has 2 aliphatic rings. The van der Waals surface area contributed by atoms with Crippen LogP contribution in [0, 0.1) is 40.8 Å². The Morgan fingerprint density at radius 3 is 1.56 bits per heavy atom. The molecule has 0 unspecified atom stereocenters. The third kappa shape index (κ3) is 5.61. The normalized spacial score (nSPS) is 22.9. The summed E-state index contributed by atoms with van der Waals surface area (Å²) in [4.78, 5) is 12.8. The fraction of sp³-hybridized carbons (Fsp3) is 0.387. The summed E-state index contributed by atoms with van der Waals surface area (Å²) in [7, 11) is 0. The third-order valence-corrected chi connectivity index (χ3v) is 8.45. The van der Waals surface area contributed by atoms with Crippen LogP contribution in [0.25, 0.3) is 11.1 Å². The predicted molar refractivity (Wildman–Crippen MR) is 137 cm³/mol. The quantitative estimate of drug-likeness (QED) is 0.237. The van der Waals surface area contributed by atoms with Crippen LogP contribution in [-0.2, 0) is 9.53 Å². The molecule has 0 radical (unpaired) electrons. The first-order valence-corrected chi connectivity index (χ1v) is 13.6. The molecule has 0 saturated heterocycles. The van der Waals surface area contributed by atoms with E-state index in [2.05, 4.69) is 0 Å². The molecule has 10 heteroatoms. The zero-order valence-electron chi connectivity index (χ0n) is 21.9. The molecule has 2 saturated carbocycles. The van der Waals surface area contributed by atoms with Crippen LogP contribution in [0.15, 0.2) is 36.4 Å². The van der Waals surface area contributed by atoms with Crippen molar-refractivity contribution in [2.24, 2.45) is 5.92 Å². The molecule has 2 aliphatic carbocycles. The van der Waals surface area contributed by atoms with Gasteiger partial charge in [0.25, 0.3) is 0 Å². The monoisotopic (exact) mass is 578 g/mol. The van der Waals surface area contributed by atoms with E-state index < -0.39 is 57.5 Å². The first kappa shape index (κ1) is 28.8. The summed E-state index contributed by atoms with van der Waals surface area (Å²) in [5, 5.41) is 18.6. The number of hydrogen-bond donors (Lipinski definition) is 2. The van der Waals surface area contributed by atoms with Gasteiger partial charge < -0.3 is 14.9 Å². The Morgan fingerprint density at radius 1 is 0.561 bits per heavy atom. The molecule has 3 aromatic carbocycles. The zero-order valence-corrected chi connectivity index (χ0v) is 21.9. The minimum Gasteiger partial charge on any atom is -0.505 e. The number of hydrogen-bond acceptors (Lipinski definition) is 4. The maximum absolute atomic E-state index is 15.0. The molecular weight excluding hydrogens is 550 g/mol. The van der Waals surface area contributed by atoms with Crippen LogP contribution in [0.1, 0.15) is 74.3 Å². The lowest BCUT2D eigenvalue weighted by atomic mass is 9.78. The Hall–Kier alpha value is -3.69. The second-order valence-corrected chi connectivity index (χ2v) is 10.9. The van der Waals surface area contributed by atoms with E-state index in [1.54, 1.807) is 0 Å². The van der Waals surface area contributed by atoms with Gasteiger partial charge in [-0.3, -0.25) is 4.79 Å². The fourth-order valence-corrected chi connectivity index (χ4v) is 6.10. The minimum absolute atomic E-state index is 0.104. The summed E-state index contributed by atoms with van der Waals surface area (Å²) in [5.74, 6) is -10.9. The van der Waals surface area contributed by atoms with Gasteiger partial charge in [-0.05, 0) is 92.5 Å². The topological polar surface area (TPSA) is 66.8 Å². The van der Waals surface area contributed by atoms with E-state index in [-0.39, 0.29) is 41.0 Å². The van der Waals surface area contributed by atoms with Crippen LogP contribution in [-0.4, -0.2) is 22.3 Å². The number of phenols is 2. The van der Waals surface area contributed by atoms with E-state index in [9.17, 15) is 37.0 Å². The summed E-state index contributed by atoms with van der Waals surface area (Å²) >= 11 is 0. The largest absolute Gasteiger partial charge is 0.505 e. The molecule has 4 nitrogen and oxygen atoms in total. The van der Waals surface area contributed by atoms with Crippen molar-refractivity contribution in [1.82, 2.24) is 0 Å². The van der Waals surface area contributed by atoms with E-state index in [1.165, 1.54) is 18.2 Å². The molecule has 0 spiro atoms. The SMILES string of the molecule is O=C(OC1CCC(c2ccc(-c3ccc(O)c(F)c3F)c(F)c2F)CC1)C1CCC(c2ccc(O)c(F)c2F)CC1. The number of ether oxygens (including phenoxy) is 1. The third-order valence-electron chi connectivity index (χ3n) is 8.45. The van der Waals surface area contributed by atoms with E-state index in [1.807, 2.05) is 0 Å².